The summed E-state index contributed by atoms with van der Waals surface area (Å²) in [5, 5.41) is 4.54. The van der Waals surface area contributed by atoms with Crippen molar-refractivity contribution in [3.8, 4) is 5.75 Å². The van der Waals surface area contributed by atoms with Crippen LogP contribution in [0.25, 0.3) is 0 Å². The first kappa shape index (κ1) is 18.0. The van der Waals surface area contributed by atoms with Gasteiger partial charge in [-0.1, -0.05) is 41.0 Å². The first-order valence-electron chi connectivity index (χ1n) is 8.09. The van der Waals surface area contributed by atoms with Crippen LogP contribution in [0.4, 0.5) is 0 Å². The second-order valence-corrected chi connectivity index (χ2v) is 6.23. The molecule has 2 aromatic carbocycles. The normalized spacial score (nSPS) is 10.6. The molecule has 0 aliphatic carbocycles. The number of carbonyl (C=O) groups excluding carboxylic acids is 1. The highest BCUT2D eigenvalue weighted by Gasteiger charge is 2.16. The summed E-state index contributed by atoms with van der Waals surface area (Å²) in [7, 11) is 0. The van der Waals surface area contributed by atoms with Crippen LogP contribution in [-0.4, -0.2) is 11.1 Å². The van der Waals surface area contributed by atoms with Gasteiger partial charge in [0.2, 0.25) is 0 Å². The maximum atomic E-state index is 12.4. The van der Waals surface area contributed by atoms with Crippen LogP contribution in [0.2, 0.25) is 5.02 Å². The number of halogens is 1. The molecule has 0 fully saturated rings. The van der Waals surface area contributed by atoms with Crippen molar-refractivity contribution in [1.29, 1.82) is 0 Å². The van der Waals surface area contributed by atoms with Crippen LogP contribution in [0, 0.1) is 13.8 Å². The summed E-state index contributed by atoms with van der Waals surface area (Å²) in [6.07, 6.45) is 0. The molecule has 3 aromatic rings. The number of esters is 1. The molecule has 0 N–H and O–H groups in total. The first-order valence-corrected chi connectivity index (χ1v) is 8.47. The number of rotatable bonds is 6. The molecule has 0 unspecified atom stereocenters. The summed E-state index contributed by atoms with van der Waals surface area (Å²) < 4.78 is 16.3. The van der Waals surface area contributed by atoms with Gasteiger partial charge >= 0.3 is 5.97 Å². The molecule has 1 aromatic heterocycles. The zero-order valence-electron chi connectivity index (χ0n) is 14.5. The van der Waals surface area contributed by atoms with Gasteiger partial charge in [-0.3, -0.25) is 0 Å². The van der Waals surface area contributed by atoms with E-state index in [1.807, 2.05) is 26.0 Å². The molecule has 0 aliphatic rings. The fourth-order valence-electron chi connectivity index (χ4n) is 2.43. The molecule has 0 aliphatic heterocycles. The fourth-order valence-corrected chi connectivity index (χ4v) is 2.55. The number of hydrogen-bond acceptors (Lipinski definition) is 5. The van der Waals surface area contributed by atoms with Crippen LogP contribution in [0.3, 0.4) is 0 Å². The van der Waals surface area contributed by atoms with E-state index in [0.717, 1.165) is 16.8 Å². The van der Waals surface area contributed by atoms with Crippen LogP contribution >= 0.6 is 11.6 Å². The van der Waals surface area contributed by atoms with Gasteiger partial charge in [0.25, 0.3) is 0 Å². The number of aromatic nitrogens is 1. The molecule has 26 heavy (non-hydrogen) atoms. The number of para-hydroxylation sites is 1. The molecule has 6 heteroatoms. The standard InChI is InChI=1S/C20H18ClNO4/c1-13-18(14(2)26-22-13)12-24-19-6-4-3-5-17(19)20(23)25-11-15-7-9-16(21)10-8-15/h3-10H,11-12H2,1-2H3. The van der Waals surface area contributed by atoms with Crippen molar-refractivity contribution in [2.24, 2.45) is 0 Å². The molecule has 134 valence electrons. The second-order valence-electron chi connectivity index (χ2n) is 5.79. The van der Waals surface area contributed by atoms with Gasteiger partial charge in [-0.15, -0.1) is 0 Å². The van der Waals surface area contributed by atoms with Crippen LogP contribution in [0.1, 0.15) is 32.9 Å². The van der Waals surface area contributed by atoms with Gasteiger partial charge in [0.15, 0.2) is 0 Å². The summed E-state index contributed by atoms with van der Waals surface area (Å²) in [6.45, 7) is 4.10. The van der Waals surface area contributed by atoms with E-state index >= 15 is 0 Å². The Kier molecular flexibility index (Phi) is 5.58. The van der Waals surface area contributed by atoms with Crippen molar-refractivity contribution in [1.82, 2.24) is 5.16 Å². The van der Waals surface area contributed by atoms with Gasteiger partial charge in [-0.05, 0) is 43.7 Å². The third-order valence-electron chi connectivity index (χ3n) is 3.94. The van der Waals surface area contributed by atoms with Crippen LogP contribution in [0.5, 0.6) is 5.75 Å². The molecule has 1 heterocycles. The Morgan fingerprint density at radius 3 is 2.50 bits per heavy atom. The minimum Gasteiger partial charge on any atom is -0.488 e. The molecule has 0 amide bonds. The lowest BCUT2D eigenvalue weighted by atomic mass is 10.2. The Balaban J connectivity index is 1.67. The van der Waals surface area contributed by atoms with Gasteiger partial charge in [0, 0.05) is 5.02 Å². The van der Waals surface area contributed by atoms with Gasteiger partial charge in [-0.2, -0.15) is 0 Å². The molecule has 0 saturated carbocycles. The number of hydrogen-bond donors (Lipinski definition) is 0. The number of aryl methyl sites for hydroxylation is 2. The van der Waals surface area contributed by atoms with Crippen molar-refractivity contribution in [2.45, 2.75) is 27.1 Å². The van der Waals surface area contributed by atoms with E-state index in [9.17, 15) is 4.79 Å². The Bertz CT molecular complexity index is 883. The average molecular weight is 372 g/mol. The first-order chi connectivity index (χ1) is 12.5. The molecule has 0 radical (unpaired) electrons. The molecule has 5 nitrogen and oxygen atoms in total. The monoisotopic (exact) mass is 371 g/mol. The lowest BCUT2D eigenvalue weighted by molar-refractivity contribution is 0.0467. The summed E-state index contributed by atoms with van der Waals surface area (Å²) in [4.78, 5) is 12.4. The van der Waals surface area contributed by atoms with E-state index in [0.29, 0.717) is 22.1 Å². The number of nitrogens with zero attached hydrogens (tertiary/aromatic N) is 1. The summed E-state index contributed by atoms with van der Waals surface area (Å²) in [5.41, 5.74) is 2.87. The minimum atomic E-state index is -0.450. The summed E-state index contributed by atoms with van der Waals surface area (Å²) >= 11 is 5.85. The van der Waals surface area contributed by atoms with Crippen molar-refractivity contribution in [3.05, 3.63) is 81.7 Å². The van der Waals surface area contributed by atoms with Crippen molar-refractivity contribution in [2.75, 3.05) is 0 Å². The maximum Gasteiger partial charge on any atom is 0.342 e. The predicted octanol–water partition coefficient (Wildman–Crippen LogP) is 4.88. The SMILES string of the molecule is Cc1noc(C)c1COc1ccccc1C(=O)OCc1ccc(Cl)cc1. The van der Waals surface area contributed by atoms with Gasteiger partial charge in [0.05, 0.1) is 11.3 Å². The molecular weight excluding hydrogens is 354 g/mol. The van der Waals surface area contributed by atoms with Crippen LogP contribution < -0.4 is 4.74 Å². The Morgan fingerprint density at radius 1 is 1.08 bits per heavy atom. The van der Waals surface area contributed by atoms with E-state index in [1.54, 1.807) is 36.4 Å². The molecular formula is C20H18ClNO4. The Hall–Kier alpha value is -2.79. The van der Waals surface area contributed by atoms with Gasteiger partial charge in [0.1, 0.15) is 30.3 Å². The minimum absolute atomic E-state index is 0.161. The highest BCUT2D eigenvalue weighted by atomic mass is 35.5. The Morgan fingerprint density at radius 2 is 1.81 bits per heavy atom. The van der Waals surface area contributed by atoms with Crippen molar-refractivity contribution >= 4 is 17.6 Å². The smallest absolute Gasteiger partial charge is 0.342 e. The zero-order valence-corrected chi connectivity index (χ0v) is 15.2. The largest absolute Gasteiger partial charge is 0.488 e. The third kappa shape index (κ3) is 4.24. The molecule has 0 bridgehead atoms. The van der Waals surface area contributed by atoms with Crippen LogP contribution in [0.15, 0.2) is 53.1 Å². The fraction of sp³-hybridized carbons (Fsp3) is 0.200. The number of carbonyl (C=O) groups is 1. The van der Waals surface area contributed by atoms with E-state index < -0.39 is 5.97 Å². The number of benzene rings is 2. The highest BCUT2D eigenvalue weighted by Crippen LogP contribution is 2.22. The Labute approximate surface area is 156 Å². The topological polar surface area (TPSA) is 61.6 Å². The van der Waals surface area contributed by atoms with Gasteiger partial charge in [-0.25, -0.2) is 4.79 Å². The molecule has 0 spiro atoms. The maximum absolute atomic E-state index is 12.4. The highest BCUT2D eigenvalue weighted by molar-refractivity contribution is 6.30. The summed E-state index contributed by atoms with van der Waals surface area (Å²) in [6, 6.07) is 14.1. The van der Waals surface area contributed by atoms with Gasteiger partial charge < -0.3 is 14.0 Å². The van der Waals surface area contributed by atoms with E-state index in [4.69, 9.17) is 25.6 Å². The third-order valence-corrected chi connectivity index (χ3v) is 4.20. The van der Waals surface area contributed by atoms with E-state index in [2.05, 4.69) is 5.16 Å². The van der Waals surface area contributed by atoms with Crippen molar-refractivity contribution in [3.63, 3.8) is 0 Å². The van der Waals surface area contributed by atoms with Crippen LogP contribution in [-0.2, 0) is 18.0 Å². The molecule has 3 rings (SSSR count). The average Bonchev–Trinajstić information content (AvgIpc) is 2.97. The zero-order chi connectivity index (χ0) is 18.5. The quantitative estimate of drug-likeness (QED) is 0.578. The van der Waals surface area contributed by atoms with E-state index in [1.165, 1.54) is 0 Å². The predicted molar refractivity (Wildman–Crippen MR) is 97.3 cm³/mol. The van der Waals surface area contributed by atoms with Crippen molar-refractivity contribution < 1.29 is 18.8 Å². The lowest BCUT2D eigenvalue weighted by Gasteiger charge is -2.11. The van der Waals surface area contributed by atoms with E-state index in [-0.39, 0.29) is 13.2 Å². The molecule has 0 saturated heterocycles. The number of ether oxygens (including phenoxy) is 2. The second kappa shape index (κ2) is 8.06. The summed E-state index contributed by atoms with van der Waals surface area (Å²) in [5.74, 6) is 0.702. The molecule has 0 atom stereocenters. The lowest BCUT2D eigenvalue weighted by Crippen LogP contribution is -2.08.